The van der Waals surface area contributed by atoms with Gasteiger partial charge in [0, 0.05) is 64.6 Å². The molecule has 5 aromatic rings. The van der Waals surface area contributed by atoms with E-state index in [1.807, 2.05) is 49.2 Å². The van der Waals surface area contributed by atoms with E-state index in [0.29, 0.717) is 17.1 Å². The third-order valence-corrected chi connectivity index (χ3v) is 11.0. The highest BCUT2D eigenvalue weighted by molar-refractivity contribution is 7.23. The summed E-state index contributed by atoms with van der Waals surface area (Å²) in [5, 5.41) is 29.8. The van der Waals surface area contributed by atoms with Gasteiger partial charge in [-0.1, -0.05) is 39.0 Å². The second kappa shape index (κ2) is 11.1. The summed E-state index contributed by atoms with van der Waals surface area (Å²) in [6, 6.07) is 14.4. The standard InChI is InChI=1S/C37H41N7O4S/c1-35(2,3)32-37(19-44(32)34(46)47)15-22(16-37)30-40-28(20-12-13-25-21(14-20)18-39-43(25)8)29(42(30)7)23-10-9-11-26-27(23)24(17-38)31(49-26)41-33(45)48-36(4,5)6/h9-14,18,22,32H,15-16,19H2,1-8H3,(H,41,45)(H,46,47). The van der Waals surface area contributed by atoms with Crippen molar-refractivity contribution in [3.63, 3.8) is 0 Å². The van der Waals surface area contributed by atoms with Crippen LogP contribution in [0.3, 0.4) is 0 Å². The first-order valence-corrected chi connectivity index (χ1v) is 17.3. The van der Waals surface area contributed by atoms with Gasteiger partial charge in [0.2, 0.25) is 0 Å². The number of hydrogen-bond acceptors (Lipinski definition) is 7. The van der Waals surface area contributed by atoms with Crippen LogP contribution in [0.1, 0.15) is 71.7 Å². The number of ether oxygens (including phenoxy) is 1. The molecule has 0 bridgehead atoms. The SMILES string of the molecule is Cn1c(C2CC3(C2)CN(C(=O)O)C3C(C)(C)C)nc(-c2ccc3c(cnn3C)c2)c1-c1cccc2sc(NC(=O)OC(C)(C)C)c(C#N)c12. The van der Waals surface area contributed by atoms with Crippen LogP contribution in [-0.4, -0.2) is 59.7 Å². The monoisotopic (exact) mass is 679 g/mol. The number of aryl methyl sites for hydroxylation is 1. The van der Waals surface area contributed by atoms with E-state index < -0.39 is 17.8 Å². The number of anilines is 1. The van der Waals surface area contributed by atoms with Gasteiger partial charge in [-0.05, 0) is 57.2 Å². The van der Waals surface area contributed by atoms with Crippen LogP contribution in [0.25, 0.3) is 43.5 Å². The summed E-state index contributed by atoms with van der Waals surface area (Å²) in [6.07, 6.45) is 2.06. The van der Waals surface area contributed by atoms with Crippen molar-refractivity contribution in [1.29, 1.82) is 5.26 Å². The molecule has 7 rings (SSSR count). The number of nitriles is 1. The van der Waals surface area contributed by atoms with Crippen molar-refractivity contribution < 1.29 is 19.4 Å². The summed E-state index contributed by atoms with van der Waals surface area (Å²) in [5.74, 6) is 1.07. The maximum absolute atomic E-state index is 12.8. The van der Waals surface area contributed by atoms with Crippen LogP contribution in [0.2, 0.25) is 0 Å². The molecule has 11 nitrogen and oxygen atoms in total. The second-order valence-corrected chi connectivity index (χ2v) is 16.7. The molecule has 0 radical (unpaired) electrons. The van der Waals surface area contributed by atoms with Crippen molar-refractivity contribution in [2.45, 2.75) is 71.9 Å². The fourth-order valence-electron chi connectivity index (χ4n) is 8.39. The molecule has 1 unspecified atom stereocenters. The van der Waals surface area contributed by atoms with Crippen molar-refractivity contribution in [3.8, 4) is 28.6 Å². The number of carboxylic acid groups (broad SMARTS) is 1. The Bertz CT molecular complexity index is 2200. The zero-order chi connectivity index (χ0) is 35.2. The maximum atomic E-state index is 12.8. The number of hydrogen-bond donors (Lipinski definition) is 2. The van der Waals surface area contributed by atoms with Gasteiger partial charge in [0.05, 0.1) is 28.7 Å². The lowest BCUT2D eigenvalue weighted by Crippen LogP contribution is -2.73. The molecule has 2 N–H and O–H groups in total. The van der Waals surface area contributed by atoms with Crippen LogP contribution in [0.5, 0.6) is 0 Å². The predicted molar refractivity (Wildman–Crippen MR) is 191 cm³/mol. The zero-order valence-corrected chi connectivity index (χ0v) is 29.9. The first-order chi connectivity index (χ1) is 23.0. The Morgan fingerprint density at radius 3 is 2.51 bits per heavy atom. The summed E-state index contributed by atoms with van der Waals surface area (Å²) < 4.78 is 10.3. The lowest BCUT2D eigenvalue weighted by Gasteiger charge is -2.67. The minimum absolute atomic E-state index is 0.0606. The number of imidazole rings is 1. The normalized spacial score (nSPS) is 20.7. The number of thiophene rings is 1. The average Bonchev–Trinajstić information content (AvgIpc) is 3.62. The number of fused-ring (bicyclic) bond motifs is 2. The van der Waals surface area contributed by atoms with E-state index in [-0.39, 0.29) is 22.8 Å². The summed E-state index contributed by atoms with van der Waals surface area (Å²) in [6.45, 7) is 12.3. The maximum Gasteiger partial charge on any atom is 0.412 e. The van der Waals surface area contributed by atoms with Crippen molar-refractivity contribution in [1.82, 2.24) is 24.2 Å². The molecule has 1 saturated carbocycles. The Labute approximate surface area is 289 Å². The predicted octanol–water partition coefficient (Wildman–Crippen LogP) is 8.35. The number of nitrogens with zero attached hydrogens (tertiary/aromatic N) is 6. The molecule has 49 heavy (non-hydrogen) atoms. The Morgan fingerprint density at radius 1 is 1.12 bits per heavy atom. The van der Waals surface area contributed by atoms with E-state index >= 15 is 0 Å². The van der Waals surface area contributed by atoms with Gasteiger partial charge in [-0.25, -0.2) is 14.6 Å². The van der Waals surface area contributed by atoms with Crippen LogP contribution < -0.4 is 5.32 Å². The van der Waals surface area contributed by atoms with E-state index in [4.69, 9.17) is 9.72 Å². The van der Waals surface area contributed by atoms with Crippen LogP contribution in [0.4, 0.5) is 14.6 Å². The molecule has 2 amide bonds. The fraction of sp³-hybridized carbons (Fsp3) is 0.432. The van der Waals surface area contributed by atoms with Crippen molar-refractivity contribution in [3.05, 3.63) is 54.0 Å². The number of rotatable bonds is 4. The summed E-state index contributed by atoms with van der Waals surface area (Å²) in [7, 11) is 3.94. The van der Waals surface area contributed by atoms with Gasteiger partial charge in [-0.3, -0.25) is 10.00 Å². The second-order valence-electron chi connectivity index (χ2n) is 15.6. The lowest BCUT2D eigenvalue weighted by atomic mass is 9.48. The number of amides is 2. The number of carbonyl (C=O) groups excluding carboxylic acids is 1. The van der Waals surface area contributed by atoms with E-state index in [9.17, 15) is 20.0 Å². The van der Waals surface area contributed by atoms with Gasteiger partial charge in [0.25, 0.3) is 0 Å². The Balaban J connectivity index is 1.35. The minimum atomic E-state index is -0.862. The van der Waals surface area contributed by atoms with Gasteiger partial charge in [0.1, 0.15) is 22.5 Å². The molecule has 2 fully saturated rings. The van der Waals surface area contributed by atoms with Gasteiger partial charge >= 0.3 is 12.2 Å². The highest BCUT2D eigenvalue weighted by atomic mass is 32.1. The Kier molecular flexibility index (Phi) is 7.37. The van der Waals surface area contributed by atoms with Crippen molar-refractivity contribution >= 4 is 49.5 Å². The van der Waals surface area contributed by atoms with Gasteiger partial charge in [0.15, 0.2) is 0 Å². The van der Waals surface area contributed by atoms with E-state index in [1.54, 1.807) is 25.7 Å². The third-order valence-electron chi connectivity index (χ3n) is 9.96. The molecule has 2 aromatic carbocycles. The number of benzene rings is 2. The summed E-state index contributed by atoms with van der Waals surface area (Å²) in [4.78, 5) is 31.8. The molecular formula is C37H41N7O4S. The average molecular weight is 680 g/mol. The number of aromatic nitrogens is 4. The topological polar surface area (TPSA) is 138 Å². The zero-order valence-electron chi connectivity index (χ0n) is 29.1. The van der Waals surface area contributed by atoms with Crippen LogP contribution in [0.15, 0.2) is 42.6 Å². The summed E-state index contributed by atoms with van der Waals surface area (Å²) in [5.41, 5.74) is 3.86. The molecule has 1 spiro atoms. The lowest BCUT2D eigenvalue weighted by molar-refractivity contribution is -0.159. The molecular weight excluding hydrogens is 639 g/mol. The minimum Gasteiger partial charge on any atom is -0.465 e. The molecule has 4 heterocycles. The largest absolute Gasteiger partial charge is 0.465 e. The first-order valence-electron chi connectivity index (χ1n) is 16.5. The van der Waals surface area contributed by atoms with Crippen LogP contribution >= 0.6 is 11.3 Å². The first kappa shape index (κ1) is 32.6. The Hall–Kier alpha value is -4.89. The molecule has 2 aliphatic rings. The van der Waals surface area contributed by atoms with Gasteiger partial charge < -0.3 is 19.3 Å². The molecule has 12 heteroatoms. The molecule has 1 aliphatic heterocycles. The van der Waals surface area contributed by atoms with Gasteiger partial charge in [-0.15, -0.1) is 11.3 Å². The van der Waals surface area contributed by atoms with E-state index in [2.05, 4.69) is 54.0 Å². The van der Waals surface area contributed by atoms with Crippen LogP contribution in [0, 0.1) is 22.2 Å². The number of likely N-dealkylation sites (tertiary alicyclic amines) is 1. The van der Waals surface area contributed by atoms with E-state index in [0.717, 1.165) is 62.2 Å². The van der Waals surface area contributed by atoms with Gasteiger partial charge in [-0.2, -0.15) is 10.4 Å². The van der Waals surface area contributed by atoms with E-state index in [1.165, 1.54) is 11.3 Å². The number of nitrogens with one attached hydrogen (secondary N) is 1. The highest BCUT2D eigenvalue weighted by Gasteiger charge is 2.64. The quantitative estimate of drug-likeness (QED) is 0.195. The summed E-state index contributed by atoms with van der Waals surface area (Å²) >= 11 is 1.34. The molecule has 3 aromatic heterocycles. The molecule has 1 saturated heterocycles. The third kappa shape index (κ3) is 5.31. The van der Waals surface area contributed by atoms with Crippen molar-refractivity contribution in [2.24, 2.45) is 24.9 Å². The molecule has 1 atom stereocenters. The highest BCUT2D eigenvalue weighted by Crippen LogP contribution is 2.63. The smallest absolute Gasteiger partial charge is 0.412 e. The molecule has 254 valence electrons. The Morgan fingerprint density at radius 2 is 1.86 bits per heavy atom. The van der Waals surface area contributed by atoms with Crippen LogP contribution in [-0.2, 0) is 18.8 Å². The fourth-order valence-corrected chi connectivity index (χ4v) is 9.46. The number of carbonyl (C=O) groups is 2. The molecule has 1 aliphatic carbocycles. The van der Waals surface area contributed by atoms with Crippen molar-refractivity contribution in [2.75, 3.05) is 11.9 Å².